The number of nitrogens with zero attached hydrogens (tertiary/aromatic N) is 2. The molecule has 0 saturated heterocycles. The summed E-state index contributed by atoms with van der Waals surface area (Å²) in [6.07, 6.45) is 1.07. The number of aryl methyl sites for hydroxylation is 1. The molecule has 1 rings (SSSR count). The molecule has 21 heavy (non-hydrogen) atoms. The minimum absolute atomic E-state index is 0.446. The lowest BCUT2D eigenvalue weighted by atomic mass is 10.4. The summed E-state index contributed by atoms with van der Waals surface area (Å²) in [7, 11) is 2.13. The Kier molecular flexibility index (Phi) is 7.29. The predicted octanol–water partition coefficient (Wildman–Crippen LogP) is 1.74. The van der Waals surface area contributed by atoms with Gasteiger partial charge in [0, 0.05) is 36.4 Å². The summed E-state index contributed by atoms with van der Waals surface area (Å²) in [4.78, 5) is 4.36. The van der Waals surface area contributed by atoms with E-state index in [4.69, 9.17) is 0 Å². The van der Waals surface area contributed by atoms with Crippen LogP contribution in [0, 0.1) is 6.92 Å². The molecule has 0 bridgehead atoms. The van der Waals surface area contributed by atoms with Crippen molar-refractivity contribution in [3.63, 3.8) is 0 Å². The summed E-state index contributed by atoms with van der Waals surface area (Å²) in [6.45, 7) is 6.87. The Labute approximate surface area is 133 Å². The highest BCUT2D eigenvalue weighted by Crippen LogP contribution is 2.27. The Balaban J connectivity index is 2.82. The predicted molar refractivity (Wildman–Crippen MR) is 89.4 cm³/mol. The Morgan fingerprint density at radius 3 is 2.48 bits per heavy atom. The van der Waals surface area contributed by atoms with Gasteiger partial charge in [0.1, 0.15) is 0 Å². The number of thiophene rings is 1. The van der Waals surface area contributed by atoms with Gasteiger partial charge in [0.25, 0.3) is 0 Å². The molecule has 0 aromatic carbocycles. The van der Waals surface area contributed by atoms with E-state index in [1.807, 2.05) is 32.0 Å². The first-order chi connectivity index (χ1) is 9.78. The highest BCUT2D eigenvalue weighted by atomic mass is 32.2. The minimum atomic E-state index is -3.39. The lowest BCUT2D eigenvalue weighted by Crippen LogP contribution is -2.33. The van der Waals surface area contributed by atoms with Gasteiger partial charge in [0.05, 0.1) is 4.90 Å². The maximum atomic E-state index is 12.6. The highest BCUT2D eigenvalue weighted by molar-refractivity contribution is 7.89. The van der Waals surface area contributed by atoms with E-state index >= 15 is 0 Å². The molecule has 0 aliphatic carbocycles. The molecule has 0 aliphatic heterocycles. The lowest BCUT2D eigenvalue weighted by molar-refractivity contribution is 0.358. The summed E-state index contributed by atoms with van der Waals surface area (Å²) in [5.41, 5.74) is 0. The molecule has 5 nitrogen and oxygen atoms in total. The largest absolute Gasteiger partial charge is 0.312 e. The van der Waals surface area contributed by atoms with Crippen LogP contribution in [0.5, 0.6) is 0 Å². The molecule has 122 valence electrons. The van der Waals surface area contributed by atoms with Crippen LogP contribution >= 0.6 is 11.3 Å². The third-order valence-corrected chi connectivity index (χ3v) is 6.36. The first-order valence-electron chi connectivity index (χ1n) is 7.20. The van der Waals surface area contributed by atoms with Crippen LogP contribution in [0.4, 0.5) is 0 Å². The molecule has 1 N–H and O–H groups in total. The van der Waals surface area contributed by atoms with Crippen molar-refractivity contribution < 1.29 is 8.42 Å². The molecule has 0 unspecified atom stereocenters. The van der Waals surface area contributed by atoms with E-state index in [-0.39, 0.29) is 0 Å². The third-order valence-electron chi connectivity index (χ3n) is 3.20. The van der Waals surface area contributed by atoms with Crippen molar-refractivity contribution in [1.82, 2.24) is 14.5 Å². The Bertz CT molecular complexity index is 538. The van der Waals surface area contributed by atoms with Crippen LogP contribution in [-0.2, 0) is 16.6 Å². The van der Waals surface area contributed by atoms with E-state index in [1.165, 1.54) is 4.31 Å². The average molecular weight is 334 g/mol. The molecular weight excluding hydrogens is 306 g/mol. The summed E-state index contributed by atoms with van der Waals surface area (Å²) in [5, 5.41) is 3.31. The van der Waals surface area contributed by atoms with E-state index in [0.717, 1.165) is 29.3 Å². The zero-order chi connectivity index (χ0) is 16.0. The van der Waals surface area contributed by atoms with Crippen LogP contribution in [0.25, 0.3) is 0 Å². The Hall–Kier alpha value is -0.470. The number of rotatable bonds is 9. The van der Waals surface area contributed by atoms with Gasteiger partial charge >= 0.3 is 0 Å². The second-order valence-corrected chi connectivity index (χ2v) is 8.79. The van der Waals surface area contributed by atoms with E-state index in [0.29, 0.717) is 18.0 Å². The van der Waals surface area contributed by atoms with E-state index in [1.54, 1.807) is 18.4 Å². The zero-order valence-corrected chi connectivity index (χ0v) is 15.3. The molecule has 1 aromatic heterocycles. The normalized spacial score (nSPS) is 12.5. The first-order valence-corrected chi connectivity index (χ1v) is 9.45. The monoisotopic (exact) mass is 333 g/mol. The van der Waals surface area contributed by atoms with Crippen molar-refractivity contribution in [2.45, 2.75) is 31.7 Å². The zero-order valence-electron chi connectivity index (χ0n) is 13.6. The number of hydrogen-bond acceptors (Lipinski definition) is 5. The maximum Gasteiger partial charge on any atom is 0.243 e. The number of hydrogen-bond donors (Lipinski definition) is 1. The number of sulfonamides is 1. The van der Waals surface area contributed by atoms with Gasteiger partial charge in [-0.2, -0.15) is 4.31 Å². The van der Waals surface area contributed by atoms with Crippen molar-refractivity contribution in [3.05, 3.63) is 15.8 Å². The highest BCUT2D eigenvalue weighted by Gasteiger charge is 2.24. The van der Waals surface area contributed by atoms with Gasteiger partial charge in [0.15, 0.2) is 0 Å². The standard InChI is InChI=1S/C14H27N3O2S2/c1-6-7-15-11-13-10-14(12(2)20-13)21(18,19)17(5)9-8-16(3)4/h10,15H,6-9,11H2,1-5H3. The van der Waals surface area contributed by atoms with E-state index in [2.05, 4.69) is 12.2 Å². The minimum Gasteiger partial charge on any atom is -0.312 e. The Morgan fingerprint density at radius 2 is 1.90 bits per heavy atom. The van der Waals surface area contributed by atoms with Gasteiger partial charge in [0.2, 0.25) is 10.0 Å². The van der Waals surface area contributed by atoms with Crippen molar-refractivity contribution in [2.75, 3.05) is 40.8 Å². The molecule has 1 heterocycles. The molecule has 0 radical (unpaired) electrons. The summed E-state index contributed by atoms with van der Waals surface area (Å²) >= 11 is 1.55. The molecule has 0 fully saturated rings. The van der Waals surface area contributed by atoms with Crippen LogP contribution in [0.1, 0.15) is 23.1 Å². The van der Waals surface area contributed by atoms with Gasteiger partial charge in [-0.15, -0.1) is 11.3 Å². The fourth-order valence-electron chi connectivity index (χ4n) is 1.88. The quantitative estimate of drug-likeness (QED) is 0.700. The molecule has 7 heteroatoms. The fraction of sp³-hybridized carbons (Fsp3) is 0.714. The second-order valence-electron chi connectivity index (χ2n) is 5.44. The van der Waals surface area contributed by atoms with Gasteiger partial charge in [-0.3, -0.25) is 0 Å². The lowest BCUT2D eigenvalue weighted by Gasteiger charge is -2.19. The van der Waals surface area contributed by atoms with Gasteiger partial charge in [-0.05, 0) is 40.1 Å². The van der Waals surface area contributed by atoms with Gasteiger partial charge in [-0.25, -0.2) is 8.42 Å². The van der Waals surface area contributed by atoms with E-state index < -0.39 is 10.0 Å². The van der Waals surface area contributed by atoms with Gasteiger partial charge < -0.3 is 10.2 Å². The molecule has 1 aromatic rings. The third kappa shape index (κ3) is 5.34. The van der Waals surface area contributed by atoms with Crippen LogP contribution in [-0.4, -0.2) is 58.4 Å². The average Bonchev–Trinajstić information content (AvgIpc) is 2.78. The molecule has 0 atom stereocenters. The van der Waals surface area contributed by atoms with Gasteiger partial charge in [-0.1, -0.05) is 6.92 Å². The number of nitrogens with one attached hydrogen (secondary N) is 1. The smallest absolute Gasteiger partial charge is 0.243 e. The molecule has 0 spiro atoms. The van der Waals surface area contributed by atoms with Crippen LogP contribution < -0.4 is 5.32 Å². The van der Waals surface area contributed by atoms with E-state index in [9.17, 15) is 8.42 Å². The molecular formula is C14H27N3O2S2. The van der Waals surface area contributed by atoms with Crippen molar-refractivity contribution in [3.8, 4) is 0 Å². The maximum absolute atomic E-state index is 12.6. The SMILES string of the molecule is CCCNCc1cc(S(=O)(=O)N(C)CCN(C)C)c(C)s1. The topological polar surface area (TPSA) is 52.7 Å². The summed E-state index contributed by atoms with van der Waals surface area (Å²) in [6, 6.07) is 1.81. The Morgan fingerprint density at radius 1 is 1.24 bits per heavy atom. The summed E-state index contributed by atoms with van der Waals surface area (Å²) in [5.74, 6) is 0. The molecule has 0 aliphatic rings. The fourth-order valence-corrected chi connectivity index (χ4v) is 4.62. The molecule has 0 saturated carbocycles. The van der Waals surface area contributed by atoms with Crippen LogP contribution in [0.15, 0.2) is 11.0 Å². The van der Waals surface area contributed by atoms with Crippen LogP contribution in [0.2, 0.25) is 0 Å². The van der Waals surface area contributed by atoms with Crippen molar-refractivity contribution >= 4 is 21.4 Å². The van der Waals surface area contributed by atoms with Crippen LogP contribution in [0.3, 0.4) is 0 Å². The summed E-state index contributed by atoms with van der Waals surface area (Å²) < 4.78 is 26.6. The first kappa shape index (κ1) is 18.6. The number of likely N-dealkylation sites (N-methyl/N-ethyl adjacent to an activating group) is 2. The second kappa shape index (κ2) is 8.24. The molecule has 0 amide bonds. The van der Waals surface area contributed by atoms with Crippen molar-refractivity contribution in [2.24, 2.45) is 0 Å². The van der Waals surface area contributed by atoms with Crippen molar-refractivity contribution in [1.29, 1.82) is 0 Å².